The maximum absolute atomic E-state index is 13.1. The summed E-state index contributed by atoms with van der Waals surface area (Å²) in [6, 6.07) is 10.2. The fraction of sp³-hybridized carbons (Fsp3) is 0.550. The molecule has 0 unspecified atom stereocenters. The van der Waals surface area contributed by atoms with E-state index < -0.39 is 0 Å². The molecule has 2 fully saturated rings. The molecule has 2 aliphatic rings. The van der Waals surface area contributed by atoms with Crippen LogP contribution in [0.4, 0.5) is 0 Å². The van der Waals surface area contributed by atoms with E-state index in [4.69, 9.17) is 0 Å². The first kappa shape index (κ1) is 16.3. The molecule has 132 valence electrons. The van der Waals surface area contributed by atoms with Gasteiger partial charge in [-0.1, -0.05) is 25.1 Å². The zero-order valence-corrected chi connectivity index (χ0v) is 15.2. The molecule has 0 spiro atoms. The molecule has 2 atom stereocenters. The van der Waals surface area contributed by atoms with Crippen molar-refractivity contribution < 1.29 is 4.79 Å². The van der Waals surface area contributed by atoms with Gasteiger partial charge in [0, 0.05) is 18.5 Å². The zero-order valence-electron chi connectivity index (χ0n) is 15.2. The molecular weight excluding hydrogens is 312 g/mol. The Balaban J connectivity index is 1.64. The van der Waals surface area contributed by atoms with Crippen LogP contribution in [0.5, 0.6) is 0 Å². The predicted octanol–water partition coefficient (Wildman–Crippen LogP) is 3.65. The molecule has 5 heteroatoms. The molecule has 0 N–H and O–H groups in total. The van der Waals surface area contributed by atoms with Crippen LogP contribution in [0.2, 0.25) is 0 Å². The van der Waals surface area contributed by atoms with Crippen LogP contribution in [0, 0.1) is 11.8 Å². The Hall–Kier alpha value is -2.17. The Kier molecular flexibility index (Phi) is 4.10. The van der Waals surface area contributed by atoms with Crippen LogP contribution < -0.4 is 0 Å². The topological polar surface area (TPSA) is 51.0 Å². The minimum Gasteiger partial charge on any atom is -0.333 e. The lowest BCUT2D eigenvalue weighted by Crippen LogP contribution is -2.39. The standard InChI is InChI=1S/C20H26N4O/c1-13(2)23(12-16-11-14(16)3)20(25)18-21-19(15-9-10-15)24(22-18)17-7-5-4-6-8-17/h4-8,13-16H,9-12H2,1-3H3/t14-,16+/m1/s1. The SMILES string of the molecule is CC(C)N(C[C@@H]1C[C@H]1C)C(=O)c1nc(C2CC2)n(-c2ccccc2)n1. The van der Waals surface area contributed by atoms with E-state index in [1.807, 2.05) is 39.9 Å². The molecule has 0 bridgehead atoms. The summed E-state index contributed by atoms with van der Waals surface area (Å²) < 4.78 is 1.86. The van der Waals surface area contributed by atoms with E-state index in [-0.39, 0.29) is 11.9 Å². The lowest BCUT2D eigenvalue weighted by molar-refractivity contribution is 0.0681. The molecule has 2 aliphatic carbocycles. The summed E-state index contributed by atoms with van der Waals surface area (Å²) >= 11 is 0. The van der Waals surface area contributed by atoms with Crippen LogP contribution in [0.15, 0.2) is 30.3 Å². The molecule has 5 nitrogen and oxygen atoms in total. The van der Waals surface area contributed by atoms with Crippen molar-refractivity contribution >= 4 is 5.91 Å². The van der Waals surface area contributed by atoms with E-state index in [0.717, 1.165) is 36.8 Å². The average molecular weight is 338 g/mol. The molecule has 2 aromatic rings. The quantitative estimate of drug-likeness (QED) is 0.808. The maximum Gasteiger partial charge on any atom is 0.293 e. The number of aromatic nitrogens is 3. The Labute approximate surface area is 149 Å². The van der Waals surface area contributed by atoms with Gasteiger partial charge in [0.1, 0.15) is 5.82 Å². The van der Waals surface area contributed by atoms with Gasteiger partial charge in [0.15, 0.2) is 0 Å². The number of amides is 1. The second-order valence-corrected chi connectivity index (χ2v) is 7.84. The Morgan fingerprint density at radius 1 is 1.28 bits per heavy atom. The van der Waals surface area contributed by atoms with Crippen LogP contribution in [0.3, 0.4) is 0 Å². The number of benzene rings is 1. The third-order valence-corrected chi connectivity index (χ3v) is 5.36. The van der Waals surface area contributed by atoms with Crippen molar-refractivity contribution in [2.75, 3.05) is 6.54 Å². The van der Waals surface area contributed by atoms with Crippen molar-refractivity contribution in [2.45, 2.75) is 52.0 Å². The molecule has 1 amide bonds. The number of carbonyl (C=O) groups excluding carboxylic acids is 1. The molecule has 0 radical (unpaired) electrons. The summed E-state index contributed by atoms with van der Waals surface area (Å²) in [6.07, 6.45) is 3.48. The Morgan fingerprint density at radius 3 is 2.52 bits per heavy atom. The monoisotopic (exact) mass is 338 g/mol. The summed E-state index contributed by atoms with van der Waals surface area (Å²) in [6.45, 7) is 7.21. The Bertz CT molecular complexity index is 763. The van der Waals surface area contributed by atoms with Crippen LogP contribution in [-0.2, 0) is 0 Å². The van der Waals surface area contributed by atoms with E-state index in [1.165, 1.54) is 6.42 Å². The molecule has 1 heterocycles. The summed E-state index contributed by atoms with van der Waals surface area (Å²) in [5.74, 6) is 3.03. The number of carbonyl (C=O) groups is 1. The second kappa shape index (κ2) is 6.28. The van der Waals surface area contributed by atoms with Gasteiger partial charge >= 0.3 is 0 Å². The minimum absolute atomic E-state index is 0.0364. The molecule has 1 aromatic carbocycles. The number of hydrogen-bond acceptors (Lipinski definition) is 3. The van der Waals surface area contributed by atoms with Crippen molar-refractivity contribution in [2.24, 2.45) is 11.8 Å². The van der Waals surface area contributed by atoms with E-state index >= 15 is 0 Å². The normalized spacial score (nSPS) is 22.2. The predicted molar refractivity (Wildman–Crippen MR) is 96.8 cm³/mol. The maximum atomic E-state index is 13.1. The van der Waals surface area contributed by atoms with Crippen molar-refractivity contribution in [1.82, 2.24) is 19.7 Å². The molecule has 0 aliphatic heterocycles. The lowest BCUT2D eigenvalue weighted by Gasteiger charge is -2.25. The lowest BCUT2D eigenvalue weighted by atomic mass is 10.2. The molecule has 1 aromatic heterocycles. The third-order valence-electron chi connectivity index (χ3n) is 5.36. The van der Waals surface area contributed by atoms with Gasteiger partial charge in [0.05, 0.1) is 5.69 Å². The number of rotatable bonds is 6. The Morgan fingerprint density at radius 2 is 1.96 bits per heavy atom. The highest BCUT2D eigenvalue weighted by molar-refractivity contribution is 5.90. The average Bonchev–Trinajstić information content (AvgIpc) is 3.52. The van der Waals surface area contributed by atoms with Crippen molar-refractivity contribution in [3.8, 4) is 5.69 Å². The number of para-hydroxylation sites is 1. The highest BCUT2D eigenvalue weighted by Crippen LogP contribution is 2.40. The molecular formula is C20H26N4O. The number of nitrogens with zero attached hydrogens (tertiary/aromatic N) is 4. The van der Waals surface area contributed by atoms with Crippen LogP contribution >= 0.6 is 0 Å². The molecule has 0 saturated heterocycles. The van der Waals surface area contributed by atoms with E-state index in [2.05, 4.69) is 30.9 Å². The minimum atomic E-state index is -0.0364. The van der Waals surface area contributed by atoms with Crippen molar-refractivity contribution in [1.29, 1.82) is 0 Å². The van der Waals surface area contributed by atoms with Crippen molar-refractivity contribution in [3.63, 3.8) is 0 Å². The second-order valence-electron chi connectivity index (χ2n) is 7.84. The fourth-order valence-corrected chi connectivity index (χ4v) is 3.34. The largest absolute Gasteiger partial charge is 0.333 e. The van der Waals surface area contributed by atoms with Crippen LogP contribution in [-0.4, -0.2) is 38.2 Å². The van der Waals surface area contributed by atoms with Gasteiger partial charge in [-0.2, -0.15) is 0 Å². The van der Waals surface area contributed by atoms with Gasteiger partial charge < -0.3 is 4.90 Å². The summed E-state index contributed by atoms with van der Waals surface area (Å²) in [7, 11) is 0. The smallest absolute Gasteiger partial charge is 0.293 e. The highest BCUT2D eigenvalue weighted by Gasteiger charge is 2.38. The first-order chi connectivity index (χ1) is 12.0. The van der Waals surface area contributed by atoms with Crippen LogP contribution in [0.1, 0.15) is 62.4 Å². The number of hydrogen-bond donors (Lipinski definition) is 0. The van der Waals surface area contributed by atoms with Crippen molar-refractivity contribution in [3.05, 3.63) is 42.0 Å². The van der Waals surface area contributed by atoms with E-state index in [9.17, 15) is 4.79 Å². The van der Waals surface area contributed by atoms with Gasteiger partial charge in [-0.3, -0.25) is 4.79 Å². The first-order valence-corrected chi connectivity index (χ1v) is 9.38. The summed E-state index contributed by atoms with van der Waals surface area (Å²) in [5, 5.41) is 4.61. The summed E-state index contributed by atoms with van der Waals surface area (Å²) in [4.78, 5) is 19.7. The third kappa shape index (κ3) is 3.32. The summed E-state index contributed by atoms with van der Waals surface area (Å²) in [5.41, 5.74) is 0.975. The van der Waals surface area contributed by atoms with E-state index in [1.54, 1.807) is 0 Å². The van der Waals surface area contributed by atoms with E-state index in [0.29, 0.717) is 17.7 Å². The van der Waals surface area contributed by atoms with Gasteiger partial charge in [-0.25, -0.2) is 9.67 Å². The first-order valence-electron chi connectivity index (χ1n) is 9.38. The zero-order chi connectivity index (χ0) is 17.6. The van der Waals surface area contributed by atoms with Gasteiger partial charge in [-0.05, 0) is 57.1 Å². The van der Waals surface area contributed by atoms with Gasteiger partial charge in [0.2, 0.25) is 5.82 Å². The molecule has 2 saturated carbocycles. The fourth-order valence-electron chi connectivity index (χ4n) is 3.34. The van der Waals surface area contributed by atoms with Gasteiger partial charge in [-0.15, -0.1) is 5.10 Å². The highest BCUT2D eigenvalue weighted by atomic mass is 16.2. The molecule has 4 rings (SSSR count). The molecule has 25 heavy (non-hydrogen) atoms. The van der Waals surface area contributed by atoms with Crippen LogP contribution in [0.25, 0.3) is 5.69 Å². The van der Waals surface area contributed by atoms with Gasteiger partial charge in [0.25, 0.3) is 5.91 Å².